The summed E-state index contributed by atoms with van der Waals surface area (Å²) in [5.74, 6) is 1.34. The Labute approximate surface area is 287 Å². The molecule has 12 heteroatoms. The molecule has 5 rings (SSSR count). The van der Waals surface area contributed by atoms with E-state index in [9.17, 15) is 14.4 Å². The summed E-state index contributed by atoms with van der Waals surface area (Å²) >= 11 is 0. The number of benzene rings is 3. The quantitative estimate of drug-likeness (QED) is 0.120. The van der Waals surface area contributed by atoms with Crippen molar-refractivity contribution >= 4 is 40.3 Å². The van der Waals surface area contributed by atoms with Gasteiger partial charge in [0, 0.05) is 57.8 Å². The van der Waals surface area contributed by atoms with E-state index in [1.165, 1.54) is 12.0 Å². The number of isocyanates is 1. The van der Waals surface area contributed by atoms with Crippen molar-refractivity contribution in [2.24, 2.45) is 17.8 Å². The SMILES string of the molecule is COc1c(-c2cccc3c2nc(CN)n3C)ccc(C(=O)N(C)c2ccc(C)cc2OCCCCCC(=O)N2CCN(C)CC2)c1N=C=O. The second kappa shape index (κ2) is 15.9. The number of aryl methyl sites for hydroxylation is 2. The number of amides is 2. The van der Waals surface area contributed by atoms with Crippen molar-refractivity contribution in [3.63, 3.8) is 0 Å². The first-order valence-corrected chi connectivity index (χ1v) is 16.6. The van der Waals surface area contributed by atoms with Gasteiger partial charge in [0.05, 0.1) is 42.5 Å². The van der Waals surface area contributed by atoms with Crippen LogP contribution in [0.2, 0.25) is 0 Å². The number of anilines is 1. The third-order valence-corrected chi connectivity index (χ3v) is 9.13. The Morgan fingerprint density at radius 3 is 2.51 bits per heavy atom. The second-order valence-electron chi connectivity index (χ2n) is 12.4. The zero-order valence-corrected chi connectivity index (χ0v) is 29.0. The molecule has 1 fully saturated rings. The number of carbonyl (C=O) groups excluding carboxylic acids is 3. The number of hydrogen-bond acceptors (Lipinski definition) is 9. The van der Waals surface area contributed by atoms with E-state index in [0.29, 0.717) is 41.4 Å². The highest BCUT2D eigenvalue weighted by Crippen LogP contribution is 2.43. The van der Waals surface area contributed by atoms with Crippen LogP contribution in [0.4, 0.5) is 11.4 Å². The molecule has 3 aromatic carbocycles. The number of para-hydroxylation sites is 1. The number of nitrogens with zero attached hydrogens (tertiary/aromatic N) is 6. The summed E-state index contributed by atoms with van der Waals surface area (Å²) in [6, 6.07) is 14.8. The highest BCUT2D eigenvalue weighted by atomic mass is 16.5. The van der Waals surface area contributed by atoms with Crippen molar-refractivity contribution in [1.29, 1.82) is 0 Å². The standard InChI is InChI=1S/C37H45N7O5/c1-25-13-16-29(31(22-25)49-21-8-6-7-12-33(46)44-19-17-41(2)18-20-44)43(4)37(47)28-15-14-27(36(48-5)35(28)39-24-45)26-10-9-11-30-34(26)40-32(23-38)42(30)3/h9-11,13-16,22H,6-8,12,17-21,23,38H2,1-5H3. The maximum atomic E-state index is 14.1. The van der Waals surface area contributed by atoms with E-state index < -0.39 is 5.91 Å². The highest BCUT2D eigenvalue weighted by Gasteiger charge is 2.26. The molecule has 1 saturated heterocycles. The van der Waals surface area contributed by atoms with Gasteiger partial charge in [0.15, 0.2) is 5.75 Å². The van der Waals surface area contributed by atoms with Crippen LogP contribution in [0.15, 0.2) is 53.5 Å². The molecule has 2 amide bonds. The fourth-order valence-corrected chi connectivity index (χ4v) is 6.24. The molecular formula is C37H45N7O5. The fraction of sp³-hybridized carbons (Fsp3) is 0.405. The van der Waals surface area contributed by atoms with E-state index in [-0.39, 0.29) is 29.5 Å². The first kappa shape index (κ1) is 35.3. The van der Waals surface area contributed by atoms with Crippen molar-refractivity contribution in [2.75, 3.05) is 58.9 Å². The van der Waals surface area contributed by atoms with Crippen LogP contribution >= 0.6 is 0 Å². The smallest absolute Gasteiger partial charge is 0.260 e. The van der Waals surface area contributed by atoms with Gasteiger partial charge in [-0.05, 0) is 69.1 Å². The summed E-state index contributed by atoms with van der Waals surface area (Å²) in [7, 11) is 7.10. The van der Waals surface area contributed by atoms with E-state index in [4.69, 9.17) is 20.2 Å². The third-order valence-electron chi connectivity index (χ3n) is 9.13. The molecule has 0 unspecified atom stereocenters. The van der Waals surface area contributed by atoms with Gasteiger partial charge in [-0.15, -0.1) is 0 Å². The number of methoxy groups -OCH3 is 1. The van der Waals surface area contributed by atoms with Crippen molar-refractivity contribution in [3.8, 4) is 22.6 Å². The number of fused-ring (bicyclic) bond motifs is 1. The van der Waals surface area contributed by atoms with Gasteiger partial charge in [-0.2, -0.15) is 4.99 Å². The molecule has 0 bridgehead atoms. The molecule has 12 nitrogen and oxygen atoms in total. The zero-order valence-electron chi connectivity index (χ0n) is 29.0. The van der Waals surface area contributed by atoms with Crippen molar-refractivity contribution in [3.05, 3.63) is 65.5 Å². The molecule has 4 aromatic rings. The largest absolute Gasteiger partial charge is 0.494 e. The predicted molar refractivity (Wildman–Crippen MR) is 190 cm³/mol. The molecule has 2 N–H and O–H groups in total. The van der Waals surface area contributed by atoms with Gasteiger partial charge in [0.2, 0.25) is 12.0 Å². The number of imidazole rings is 1. The maximum Gasteiger partial charge on any atom is 0.260 e. The Kier molecular flexibility index (Phi) is 11.5. The summed E-state index contributed by atoms with van der Waals surface area (Å²) in [5.41, 5.74) is 10.7. The Morgan fingerprint density at radius 2 is 1.80 bits per heavy atom. The summed E-state index contributed by atoms with van der Waals surface area (Å²) < 4.78 is 13.9. The van der Waals surface area contributed by atoms with E-state index in [0.717, 1.165) is 62.1 Å². The van der Waals surface area contributed by atoms with E-state index in [1.807, 2.05) is 59.8 Å². The zero-order chi connectivity index (χ0) is 35.1. The van der Waals surface area contributed by atoms with Gasteiger partial charge in [0.1, 0.15) is 17.3 Å². The molecule has 0 spiro atoms. The number of carbonyl (C=O) groups is 2. The van der Waals surface area contributed by atoms with Gasteiger partial charge in [-0.3, -0.25) is 9.59 Å². The number of likely N-dealkylation sites (N-methyl/N-ethyl adjacent to an activating group) is 1. The Morgan fingerprint density at radius 1 is 1.02 bits per heavy atom. The normalized spacial score (nSPS) is 13.3. The number of aliphatic imine (C=N–C) groups is 1. The topological polar surface area (TPSA) is 136 Å². The lowest BCUT2D eigenvalue weighted by Gasteiger charge is -2.32. The Hall–Kier alpha value is -5.03. The molecule has 0 atom stereocenters. The van der Waals surface area contributed by atoms with Gasteiger partial charge in [0.25, 0.3) is 5.91 Å². The molecule has 49 heavy (non-hydrogen) atoms. The van der Waals surface area contributed by atoms with Gasteiger partial charge in [-0.25, -0.2) is 9.78 Å². The molecule has 0 saturated carbocycles. The van der Waals surface area contributed by atoms with E-state index in [2.05, 4.69) is 16.9 Å². The van der Waals surface area contributed by atoms with E-state index >= 15 is 0 Å². The lowest BCUT2D eigenvalue weighted by atomic mass is 9.98. The number of ether oxygens (including phenoxy) is 2. The van der Waals surface area contributed by atoms with Crippen LogP contribution in [0.1, 0.15) is 47.4 Å². The first-order valence-electron chi connectivity index (χ1n) is 16.6. The van der Waals surface area contributed by atoms with Crippen LogP contribution in [0.25, 0.3) is 22.2 Å². The molecule has 1 aliphatic rings. The number of nitrogens with two attached hydrogens (primary N) is 1. The summed E-state index contributed by atoms with van der Waals surface area (Å²) in [6.07, 6.45) is 4.56. The van der Waals surface area contributed by atoms with Crippen LogP contribution in [0, 0.1) is 6.92 Å². The fourth-order valence-electron chi connectivity index (χ4n) is 6.24. The second-order valence-corrected chi connectivity index (χ2v) is 12.4. The summed E-state index contributed by atoms with van der Waals surface area (Å²) in [6.45, 7) is 6.08. The van der Waals surface area contributed by atoms with Gasteiger partial charge >= 0.3 is 0 Å². The van der Waals surface area contributed by atoms with Crippen LogP contribution in [0.5, 0.6) is 11.5 Å². The maximum absolute atomic E-state index is 14.1. The average Bonchev–Trinajstić information content (AvgIpc) is 3.44. The molecule has 0 radical (unpaired) electrons. The van der Waals surface area contributed by atoms with Crippen molar-refractivity contribution in [2.45, 2.75) is 39.2 Å². The molecule has 0 aliphatic carbocycles. The lowest BCUT2D eigenvalue weighted by Crippen LogP contribution is -2.47. The van der Waals surface area contributed by atoms with Gasteiger partial charge in [-0.1, -0.05) is 18.2 Å². The molecule has 2 heterocycles. The number of rotatable bonds is 13. The van der Waals surface area contributed by atoms with Crippen LogP contribution < -0.4 is 20.1 Å². The van der Waals surface area contributed by atoms with E-state index in [1.54, 1.807) is 25.3 Å². The van der Waals surface area contributed by atoms with Crippen LogP contribution in [-0.4, -0.2) is 91.2 Å². The predicted octanol–water partition coefficient (Wildman–Crippen LogP) is 4.97. The average molecular weight is 668 g/mol. The number of hydrogen-bond donors (Lipinski definition) is 1. The number of unbranched alkanes of at least 4 members (excludes halogenated alkanes) is 2. The minimum absolute atomic E-state index is 0.0690. The first-order chi connectivity index (χ1) is 23.7. The van der Waals surface area contributed by atoms with Crippen molar-refractivity contribution in [1.82, 2.24) is 19.4 Å². The number of aromatic nitrogens is 2. The third kappa shape index (κ3) is 7.67. The molecular weight excluding hydrogens is 622 g/mol. The van der Waals surface area contributed by atoms with Crippen LogP contribution in [-0.2, 0) is 23.2 Å². The van der Waals surface area contributed by atoms with Crippen LogP contribution in [0.3, 0.4) is 0 Å². The monoisotopic (exact) mass is 667 g/mol. The molecule has 1 aliphatic heterocycles. The minimum Gasteiger partial charge on any atom is -0.494 e. The highest BCUT2D eigenvalue weighted by molar-refractivity contribution is 6.11. The summed E-state index contributed by atoms with van der Waals surface area (Å²) in [5, 5.41) is 0. The van der Waals surface area contributed by atoms with Gasteiger partial charge < -0.3 is 34.5 Å². The lowest BCUT2D eigenvalue weighted by molar-refractivity contribution is -0.132. The molecule has 1 aromatic heterocycles. The summed E-state index contributed by atoms with van der Waals surface area (Å²) in [4.78, 5) is 52.7. The number of piperazine rings is 1. The van der Waals surface area contributed by atoms with Crippen molar-refractivity contribution < 1.29 is 23.9 Å². The Balaban J connectivity index is 1.33. The molecule has 258 valence electrons. The Bertz CT molecular complexity index is 1870. The minimum atomic E-state index is -0.406.